The molecule has 1 aromatic heterocycles. The van der Waals surface area contributed by atoms with Crippen LogP contribution >= 0.6 is 11.8 Å². The number of aryl methyl sites for hydroxylation is 2. The monoisotopic (exact) mass is 450 g/mol. The van der Waals surface area contributed by atoms with Crippen LogP contribution in [-0.4, -0.2) is 44.4 Å². The smallest absolute Gasteiger partial charge is 0.233 e. The fourth-order valence-electron chi connectivity index (χ4n) is 3.41. The minimum absolute atomic E-state index is 0.0523. The summed E-state index contributed by atoms with van der Waals surface area (Å²) in [5, 5.41) is 9.42. The molecule has 6 nitrogen and oxygen atoms in total. The number of hydrogen-bond donors (Lipinski definition) is 0. The molecule has 0 unspecified atom stereocenters. The van der Waals surface area contributed by atoms with Gasteiger partial charge in [-0.15, -0.1) is 10.2 Å². The third-order valence-electron chi connectivity index (χ3n) is 4.99. The van der Waals surface area contributed by atoms with E-state index < -0.39 is 0 Å². The molecule has 3 aromatic rings. The molecule has 3 rings (SSSR count). The Balaban J connectivity index is 1.82. The third-order valence-corrected chi connectivity index (χ3v) is 5.90. The van der Waals surface area contributed by atoms with Crippen LogP contribution in [0, 0.1) is 13.8 Å². The van der Waals surface area contributed by atoms with Gasteiger partial charge in [-0.2, -0.15) is 0 Å². The normalized spacial score (nSPS) is 10.8. The molecule has 168 valence electrons. The van der Waals surface area contributed by atoms with Gasteiger partial charge in [-0.1, -0.05) is 60.3 Å². The highest BCUT2D eigenvalue weighted by molar-refractivity contribution is 7.99. The van der Waals surface area contributed by atoms with Crippen molar-refractivity contribution in [2.45, 2.75) is 39.5 Å². The van der Waals surface area contributed by atoms with Crippen LogP contribution in [0.2, 0.25) is 0 Å². The van der Waals surface area contributed by atoms with Crippen molar-refractivity contribution in [3.8, 4) is 11.4 Å². The molecule has 0 radical (unpaired) electrons. The molecule has 2 aromatic carbocycles. The number of thioether (sulfide) groups is 1. The lowest BCUT2D eigenvalue weighted by Crippen LogP contribution is -2.33. The summed E-state index contributed by atoms with van der Waals surface area (Å²) in [5.41, 5.74) is 4.05. The number of likely N-dealkylation sites (N-methyl/N-ethyl adjacent to an activating group) is 1. The zero-order valence-electron chi connectivity index (χ0n) is 19.2. The van der Waals surface area contributed by atoms with Crippen LogP contribution in [0.15, 0.2) is 65.8 Å². The molecule has 0 fully saturated rings. The summed E-state index contributed by atoms with van der Waals surface area (Å²) in [4.78, 5) is 14.5. The van der Waals surface area contributed by atoms with E-state index in [2.05, 4.69) is 16.8 Å². The summed E-state index contributed by atoms with van der Waals surface area (Å²) in [5.74, 6) is 1.88. The molecule has 32 heavy (non-hydrogen) atoms. The lowest BCUT2D eigenvalue weighted by molar-refractivity contribution is -0.127. The molecular weight excluding hydrogens is 420 g/mol. The molecule has 0 aliphatic carbocycles. The molecule has 0 spiro atoms. The van der Waals surface area contributed by atoms with Crippen LogP contribution in [0.3, 0.4) is 0 Å². The third kappa shape index (κ3) is 5.79. The number of benzene rings is 2. The molecule has 7 heteroatoms. The zero-order valence-corrected chi connectivity index (χ0v) is 20.0. The maximum atomic E-state index is 12.7. The topological polar surface area (TPSA) is 60.3 Å². The van der Waals surface area contributed by atoms with Crippen molar-refractivity contribution in [1.82, 2.24) is 19.7 Å². The van der Waals surface area contributed by atoms with Crippen molar-refractivity contribution in [1.29, 1.82) is 0 Å². The van der Waals surface area contributed by atoms with Gasteiger partial charge >= 0.3 is 0 Å². The predicted molar refractivity (Wildman–Crippen MR) is 129 cm³/mol. The first-order valence-electron chi connectivity index (χ1n) is 10.6. The van der Waals surface area contributed by atoms with Gasteiger partial charge in [0.2, 0.25) is 5.91 Å². The number of hydrogen-bond acceptors (Lipinski definition) is 5. The first kappa shape index (κ1) is 23.6. The number of rotatable bonds is 10. The van der Waals surface area contributed by atoms with Crippen LogP contribution in [0.5, 0.6) is 5.75 Å². The van der Waals surface area contributed by atoms with E-state index in [4.69, 9.17) is 4.74 Å². The lowest BCUT2D eigenvalue weighted by Gasteiger charge is -2.20. The molecule has 0 aliphatic rings. The van der Waals surface area contributed by atoms with Gasteiger partial charge in [-0.3, -0.25) is 9.36 Å². The molecule has 0 saturated heterocycles. The first-order valence-corrected chi connectivity index (χ1v) is 11.6. The number of ether oxygens (including phenoxy) is 1. The summed E-state index contributed by atoms with van der Waals surface area (Å²) in [6.45, 7) is 13.4. The molecular formula is C25H30N4O2S. The van der Waals surface area contributed by atoms with E-state index in [0.717, 1.165) is 28.1 Å². The van der Waals surface area contributed by atoms with E-state index >= 15 is 0 Å². The van der Waals surface area contributed by atoms with E-state index in [-0.39, 0.29) is 18.3 Å². The number of aromatic nitrogens is 3. The summed E-state index contributed by atoms with van der Waals surface area (Å²) in [6, 6.07) is 16.0. The van der Waals surface area contributed by atoms with Crippen LogP contribution in [0.25, 0.3) is 5.69 Å². The van der Waals surface area contributed by atoms with Crippen LogP contribution in [0.1, 0.15) is 30.8 Å². The van der Waals surface area contributed by atoms with E-state index in [1.807, 2.05) is 80.8 Å². The van der Waals surface area contributed by atoms with Crippen LogP contribution in [-0.2, 0) is 11.4 Å². The highest BCUT2D eigenvalue weighted by Crippen LogP contribution is 2.26. The van der Waals surface area contributed by atoms with E-state index in [1.54, 1.807) is 4.90 Å². The van der Waals surface area contributed by atoms with E-state index in [1.165, 1.54) is 11.8 Å². The highest BCUT2D eigenvalue weighted by Gasteiger charge is 2.19. The molecule has 0 aliphatic heterocycles. The van der Waals surface area contributed by atoms with Crippen molar-refractivity contribution in [3.63, 3.8) is 0 Å². The first-order chi connectivity index (χ1) is 15.4. The maximum Gasteiger partial charge on any atom is 0.233 e. The molecule has 1 amide bonds. The molecule has 0 atom stereocenters. The largest absolute Gasteiger partial charge is 0.485 e. The second-order valence-corrected chi connectivity index (χ2v) is 8.68. The predicted octanol–water partition coefficient (Wildman–Crippen LogP) is 4.98. The van der Waals surface area contributed by atoms with Crippen molar-refractivity contribution in [2.75, 3.05) is 18.8 Å². The highest BCUT2D eigenvalue weighted by atomic mass is 32.2. The molecule has 0 bridgehead atoms. The van der Waals surface area contributed by atoms with Crippen molar-refractivity contribution >= 4 is 17.7 Å². The number of nitrogens with zero attached hydrogens (tertiary/aromatic N) is 4. The number of amides is 1. The van der Waals surface area contributed by atoms with Gasteiger partial charge in [0.05, 0.1) is 5.75 Å². The van der Waals surface area contributed by atoms with Gasteiger partial charge in [0.1, 0.15) is 12.4 Å². The van der Waals surface area contributed by atoms with Crippen molar-refractivity contribution < 1.29 is 9.53 Å². The number of carbonyl (C=O) groups excluding carboxylic acids is 1. The van der Waals surface area contributed by atoms with Crippen molar-refractivity contribution in [3.05, 3.63) is 77.6 Å². The minimum atomic E-state index is 0.0523. The Morgan fingerprint density at radius 3 is 2.41 bits per heavy atom. The summed E-state index contributed by atoms with van der Waals surface area (Å²) in [7, 11) is 0. The second kappa shape index (κ2) is 11.0. The molecule has 0 saturated carbocycles. The Hall–Kier alpha value is -3.06. The summed E-state index contributed by atoms with van der Waals surface area (Å²) >= 11 is 1.38. The van der Waals surface area contributed by atoms with Crippen molar-refractivity contribution in [2.24, 2.45) is 0 Å². The van der Waals surface area contributed by atoms with Gasteiger partial charge in [-0.05, 0) is 51.0 Å². The number of para-hydroxylation sites is 2. The summed E-state index contributed by atoms with van der Waals surface area (Å²) in [6.07, 6.45) is 0. The second-order valence-electron chi connectivity index (χ2n) is 7.73. The Morgan fingerprint density at radius 2 is 1.78 bits per heavy atom. The quantitative estimate of drug-likeness (QED) is 0.322. The lowest BCUT2D eigenvalue weighted by atomic mass is 10.1. The minimum Gasteiger partial charge on any atom is -0.485 e. The average molecular weight is 451 g/mol. The molecule has 0 N–H and O–H groups in total. The SMILES string of the molecule is C=C(C)CN(CC)C(=O)CSc1nnc(COc2c(C)cccc2C)n1-c1ccccc1. The van der Waals surface area contributed by atoms with Gasteiger partial charge in [-0.25, -0.2) is 0 Å². The maximum absolute atomic E-state index is 12.7. The van der Waals surface area contributed by atoms with Crippen LogP contribution < -0.4 is 4.74 Å². The Kier molecular flexibility index (Phi) is 8.11. The standard InChI is InChI=1S/C25H30N4O2S/c1-6-28(15-18(2)3)23(30)17-32-25-27-26-22(29(25)21-13-8-7-9-14-21)16-31-24-19(4)11-10-12-20(24)5/h7-14H,2,6,15-17H2,1,3-5H3. The molecule has 1 heterocycles. The van der Waals surface area contributed by atoms with E-state index in [0.29, 0.717) is 24.1 Å². The fraction of sp³-hybridized carbons (Fsp3) is 0.320. The van der Waals surface area contributed by atoms with Crippen LogP contribution in [0.4, 0.5) is 0 Å². The average Bonchev–Trinajstić information content (AvgIpc) is 3.18. The Bertz CT molecular complexity index is 1060. The van der Waals surface area contributed by atoms with E-state index in [9.17, 15) is 4.79 Å². The summed E-state index contributed by atoms with van der Waals surface area (Å²) < 4.78 is 8.10. The Labute approximate surface area is 194 Å². The van der Waals surface area contributed by atoms with Gasteiger partial charge < -0.3 is 9.64 Å². The zero-order chi connectivity index (χ0) is 23.1. The number of carbonyl (C=O) groups is 1. The van der Waals surface area contributed by atoms with Gasteiger partial charge in [0, 0.05) is 18.8 Å². The Morgan fingerprint density at radius 1 is 1.09 bits per heavy atom. The van der Waals surface area contributed by atoms with Gasteiger partial charge in [0.15, 0.2) is 11.0 Å². The van der Waals surface area contributed by atoms with Gasteiger partial charge in [0.25, 0.3) is 0 Å². The fourth-order valence-corrected chi connectivity index (χ4v) is 4.28.